The second kappa shape index (κ2) is 6.53. The number of Topliss-reactive ketones (excluding diaryl/α,β-unsaturated/α-hetero) is 1. The van der Waals surface area contributed by atoms with Crippen molar-refractivity contribution >= 4 is 17.4 Å². The monoisotopic (exact) mass is 442 g/mol. The van der Waals surface area contributed by atoms with E-state index >= 15 is 0 Å². The van der Waals surface area contributed by atoms with Gasteiger partial charge < -0.3 is 14.8 Å². The molecule has 1 N–H and O–H groups in total. The number of nitro groups is 1. The predicted octanol–water partition coefficient (Wildman–Crippen LogP) is 3.58. The summed E-state index contributed by atoms with van der Waals surface area (Å²) in [4.78, 5) is 37.3. The van der Waals surface area contributed by atoms with Gasteiger partial charge in [-0.3, -0.25) is 19.7 Å². The molecule has 0 aromatic heterocycles. The third-order valence-electron chi connectivity index (χ3n) is 9.24. The number of hydrogen-bond acceptors (Lipinski definition) is 6. The zero-order valence-corrected chi connectivity index (χ0v) is 19.2. The number of hydrogen-bond donors (Lipinski definition) is 1. The highest BCUT2D eigenvalue weighted by molar-refractivity contribution is 6.00. The van der Waals surface area contributed by atoms with Gasteiger partial charge in [-0.1, -0.05) is 27.7 Å². The van der Waals surface area contributed by atoms with Crippen LogP contribution in [0.4, 0.5) is 5.69 Å². The molecule has 5 atom stereocenters. The Hall–Kier alpha value is -2.48. The first-order chi connectivity index (χ1) is 15.0. The van der Waals surface area contributed by atoms with Gasteiger partial charge in [0.2, 0.25) is 0 Å². The van der Waals surface area contributed by atoms with E-state index < -0.39 is 27.5 Å². The molecule has 0 saturated heterocycles. The van der Waals surface area contributed by atoms with E-state index in [1.54, 1.807) is 7.11 Å². The minimum absolute atomic E-state index is 0.0526. The van der Waals surface area contributed by atoms with Gasteiger partial charge in [-0.15, -0.1) is 0 Å². The summed E-state index contributed by atoms with van der Waals surface area (Å²) in [5.41, 5.74) is -0.296. The van der Waals surface area contributed by atoms with Crippen LogP contribution >= 0.6 is 0 Å². The molecule has 2 saturated carbocycles. The lowest BCUT2D eigenvalue weighted by Gasteiger charge is -2.66. The number of nitrogens with one attached hydrogen (secondary N) is 1. The Labute approximate surface area is 187 Å². The average Bonchev–Trinajstić information content (AvgIpc) is 3.10. The minimum Gasteiger partial charge on any atom is -0.485 e. The molecule has 1 unspecified atom stereocenters. The van der Waals surface area contributed by atoms with Crippen molar-refractivity contribution in [2.24, 2.45) is 22.7 Å². The van der Waals surface area contributed by atoms with Gasteiger partial charge in [0, 0.05) is 48.5 Å². The van der Waals surface area contributed by atoms with Gasteiger partial charge in [0.15, 0.2) is 5.78 Å². The van der Waals surface area contributed by atoms with Crippen LogP contribution < -0.4 is 10.1 Å². The van der Waals surface area contributed by atoms with Crippen molar-refractivity contribution in [2.45, 2.75) is 71.6 Å². The van der Waals surface area contributed by atoms with Crippen LogP contribution in [0.5, 0.6) is 5.75 Å². The topological polar surface area (TPSA) is 108 Å². The molecule has 2 heterocycles. The van der Waals surface area contributed by atoms with Crippen LogP contribution in [-0.2, 0) is 22.5 Å². The second-order valence-electron chi connectivity index (χ2n) is 10.8. The molecule has 2 aliphatic carbocycles. The van der Waals surface area contributed by atoms with E-state index in [0.717, 1.165) is 12.8 Å². The average molecular weight is 443 g/mol. The van der Waals surface area contributed by atoms with Gasteiger partial charge in [-0.05, 0) is 25.2 Å². The van der Waals surface area contributed by atoms with Crippen molar-refractivity contribution in [3.05, 3.63) is 32.9 Å². The number of carbonyl (C=O) groups excluding carboxylic acids is 2. The number of carbonyl (C=O) groups is 2. The predicted molar refractivity (Wildman–Crippen MR) is 116 cm³/mol. The quantitative estimate of drug-likeness (QED) is 0.554. The highest BCUT2D eigenvalue weighted by Crippen LogP contribution is 2.66. The second-order valence-corrected chi connectivity index (χ2v) is 10.8. The maximum atomic E-state index is 13.3. The summed E-state index contributed by atoms with van der Waals surface area (Å²) >= 11 is 0. The zero-order chi connectivity index (χ0) is 23.2. The molecule has 1 aromatic rings. The molecule has 32 heavy (non-hydrogen) atoms. The van der Waals surface area contributed by atoms with Crippen LogP contribution in [0.1, 0.15) is 68.4 Å². The summed E-state index contributed by atoms with van der Waals surface area (Å²) in [5.74, 6) is 0.416. The molecular formula is C24H30N2O6. The van der Waals surface area contributed by atoms with Gasteiger partial charge in [0.1, 0.15) is 17.5 Å². The third kappa shape index (κ3) is 2.42. The molecular weight excluding hydrogens is 412 g/mol. The van der Waals surface area contributed by atoms with Crippen LogP contribution in [0.2, 0.25) is 0 Å². The third-order valence-corrected chi connectivity index (χ3v) is 9.24. The van der Waals surface area contributed by atoms with E-state index in [-0.39, 0.29) is 35.8 Å². The molecule has 2 aliphatic heterocycles. The highest BCUT2D eigenvalue weighted by atomic mass is 16.6. The van der Waals surface area contributed by atoms with Crippen molar-refractivity contribution in [1.29, 1.82) is 0 Å². The Balaban J connectivity index is 1.78. The zero-order valence-electron chi connectivity index (χ0n) is 19.2. The van der Waals surface area contributed by atoms with Crippen LogP contribution in [0.3, 0.4) is 0 Å². The van der Waals surface area contributed by atoms with Crippen molar-refractivity contribution < 1.29 is 24.0 Å². The number of rotatable bonds is 2. The molecule has 5 rings (SSSR count). The summed E-state index contributed by atoms with van der Waals surface area (Å²) in [7, 11) is 1.56. The molecule has 0 bridgehead atoms. The summed E-state index contributed by atoms with van der Waals surface area (Å²) in [6.07, 6.45) is 2.05. The van der Waals surface area contributed by atoms with E-state index in [9.17, 15) is 19.7 Å². The van der Waals surface area contributed by atoms with Crippen LogP contribution in [0.25, 0.3) is 0 Å². The fourth-order valence-corrected chi connectivity index (χ4v) is 7.18. The van der Waals surface area contributed by atoms with Crippen molar-refractivity contribution in [3.8, 4) is 5.75 Å². The lowest BCUT2D eigenvalue weighted by Crippen LogP contribution is -2.72. The number of ether oxygens (including phenoxy) is 2. The summed E-state index contributed by atoms with van der Waals surface area (Å²) < 4.78 is 12.6. The van der Waals surface area contributed by atoms with Crippen molar-refractivity contribution in [1.82, 2.24) is 5.32 Å². The van der Waals surface area contributed by atoms with Gasteiger partial charge in [-0.25, -0.2) is 0 Å². The molecule has 172 valence electrons. The van der Waals surface area contributed by atoms with E-state index in [4.69, 9.17) is 9.47 Å². The Kier molecular flexibility index (Phi) is 4.36. The van der Waals surface area contributed by atoms with Crippen LogP contribution in [-0.4, -0.2) is 35.4 Å². The summed E-state index contributed by atoms with van der Waals surface area (Å²) in [6.45, 7) is 8.58. The summed E-state index contributed by atoms with van der Waals surface area (Å²) in [6, 6.07) is 1.40. The van der Waals surface area contributed by atoms with E-state index in [1.807, 2.05) is 13.8 Å². The van der Waals surface area contributed by atoms with E-state index in [1.165, 1.54) is 6.07 Å². The molecule has 4 aliphatic rings. The molecule has 2 fully saturated rings. The van der Waals surface area contributed by atoms with Crippen LogP contribution in [0.15, 0.2) is 6.07 Å². The first kappa shape index (κ1) is 21.4. The van der Waals surface area contributed by atoms with Crippen LogP contribution in [0, 0.1) is 32.8 Å². The molecule has 1 amide bonds. The highest BCUT2D eigenvalue weighted by Gasteiger charge is 2.70. The van der Waals surface area contributed by atoms with Crippen molar-refractivity contribution in [2.75, 3.05) is 7.11 Å². The molecule has 8 heteroatoms. The molecule has 1 spiro atoms. The fraction of sp³-hybridized carbons (Fsp3) is 0.667. The Morgan fingerprint density at radius 2 is 1.94 bits per heavy atom. The number of nitrogens with zero attached hydrogens (tertiary/aromatic N) is 1. The first-order valence-electron chi connectivity index (χ1n) is 11.4. The number of benzene rings is 1. The Morgan fingerprint density at radius 1 is 1.22 bits per heavy atom. The SMILES string of the molecule is COC1C[C@@]23Oc4c5c(cc([N+](=O)[O-])c4C[C@]2(C)[C@@H](C)CC[C@H]3C(C)(C)C1=O)C(=O)NC5. The van der Waals surface area contributed by atoms with Crippen molar-refractivity contribution in [3.63, 3.8) is 0 Å². The normalized spacial score (nSPS) is 36.8. The van der Waals surface area contributed by atoms with E-state index in [0.29, 0.717) is 35.3 Å². The van der Waals surface area contributed by atoms with Gasteiger partial charge in [0.05, 0.1) is 16.1 Å². The lowest BCUT2D eigenvalue weighted by atomic mass is 9.43. The fourth-order valence-electron chi connectivity index (χ4n) is 7.18. The molecule has 8 nitrogen and oxygen atoms in total. The van der Waals surface area contributed by atoms with E-state index in [2.05, 4.69) is 19.2 Å². The number of nitro benzene ring substituents is 1. The summed E-state index contributed by atoms with van der Waals surface area (Å²) in [5, 5.41) is 14.8. The maximum Gasteiger partial charge on any atom is 0.277 e. The number of methoxy groups -OCH3 is 1. The van der Waals surface area contributed by atoms with Gasteiger partial charge in [-0.2, -0.15) is 0 Å². The molecule has 1 aromatic carbocycles. The first-order valence-corrected chi connectivity index (χ1v) is 11.4. The Morgan fingerprint density at radius 3 is 2.59 bits per heavy atom. The Bertz CT molecular complexity index is 1070. The van der Waals surface area contributed by atoms with Gasteiger partial charge in [0.25, 0.3) is 11.6 Å². The van der Waals surface area contributed by atoms with Gasteiger partial charge >= 0.3 is 0 Å². The lowest BCUT2D eigenvalue weighted by molar-refractivity contribution is -0.386. The largest absolute Gasteiger partial charge is 0.485 e. The maximum absolute atomic E-state index is 13.3. The number of amides is 1. The molecule has 0 radical (unpaired) electrons. The number of fused-ring (bicyclic) bond motifs is 3. The standard InChI is InChI=1S/C24H30N2O6/c1-12-6-7-18-22(2,3)20(27)17(31-5)10-24(18)23(12,4)9-14-16(26(29)30)8-13-15(19(14)32-24)11-25-21(13)28/h8,12,17-18H,6-7,9-11H2,1-5H3,(H,25,28)/t12-,17?,18-,23+,24-/m0/s1. The number of ketones is 1. The smallest absolute Gasteiger partial charge is 0.277 e. The minimum atomic E-state index is -0.718.